The molecule has 31 heavy (non-hydrogen) atoms. The van der Waals surface area contributed by atoms with Gasteiger partial charge in [-0.1, -0.05) is 6.07 Å². The van der Waals surface area contributed by atoms with Gasteiger partial charge in [0.05, 0.1) is 24.7 Å². The molecule has 0 bridgehead atoms. The molecule has 2 heterocycles. The van der Waals surface area contributed by atoms with Crippen molar-refractivity contribution in [2.24, 2.45) is 0 Å². The summed E-state index contributed by atoms with van der Waals surface area (Å²) in [6, 6.07) is 7.71. The maximum absolute atomic E-state index is 14.3. The van der Waals surface area contributed by atoms with Crippen LogP contribution in [0.5, 0.6) is 0 Å². The summed E-state index contributed by atoms with van der Waals surface area (Å²) in [4.78, 5) is 32.0. The molecule has 8 nitrogen and oxygen atoms in total. The highest BCUT2D eigenvalue weighted by molar-refractivity contribution is 5.99. The van der Waals surface area contributed by atoms with E-state index in [-0.39, 0.29) is 17.8 Å². The van der Waals surface area contributed by atoms with Gasteiger partial charge in [-0.2, -0.15) is 0 Å². The Morgan fingerprint density at radius 1 is 1.29 bits per heavy atom. The number of methoxy groups -OCH3 is 1. The molecular weight excluding hydrogens is 401 g/mol. The largest absolute Gasteiger partial charge is 0.453 e. The normalized spacial score (nSPS) is 16.5. The van der Waals surface area contributed by atoms with Crippen molar-refractivity contribution < 1.29 is 18.7 Å². The van der Waals surface area contributed by atoms with Crippen LogP contribution in [0.25, 0.3) is 0 Å². The summed E-state index contributed by atoms with van der Waals surface area (Å²) in [7, 11) is 3.11. The second-order valence-corrected chi connectivity index (χ2v) is 7.69. The Labute approximate surface area is 181 Å². The summed E-state index contributed by atoms with van der Waals surface area (Å²) >= 11 is 0. The molecule has 1 saturated heterocycles. The molecule has 2 aromatic rings. The lowest BCUT2D eigenvalue weighted by molar-refractivity contribution is 0.0833. The number of likely N-dealkylation sites (N-methyl/N-ethyl adjacent to an activating group) is 1. The summed E-state index contributed by atoms with van der Waals surface area (Å²) in [5.74, 6) is -0.511. The van der Waals surface area contributed by atoms with Crippen molar-refractivity contribution in [3.63, 3.8) is 0 Å². The number of amides is 3. The molecule has 0 aliphatic carbocycles. The van der Waals surface area contributed by atoms with Gasteiger partial charge in [-0.05, 0) is 56.1 Å². The second kappa shape index (κ2) is 10.2. The smallest absolute Gasteiger partial charge is 0.409 e. The van der Waals surface area contributed by atoms with Crippen molar-refractivity contribution in [3.05, 3.63) is 53.6 Å². The van der Waals surface area contributed by atoms with E-state index in [0.29, 0.717) is 18.8 Å². The molecule has 0 unspecified atom stereocenters. The Bertz CT molecular complexity index is 922. The third kappa shape index (κ3) is 6.14. The number of piperidine rings is 1. The van der Waals surface area contributed by atoms with Gasteiger partial charge in [0.25, 0.3) is 0 Å². The fraction of sp³-hybridized carbons (Fsp3) is 0.409. The Hall–Kier alpha value is -3.20. The van der Waals surface area contributed by atoms with Crippen molar-refractivity contribution in [2.75, 3.05) is 37.9 Å². The van der Waals surface area contributed by atoms with E-state index in [2.05, 4.69) is 20.5 Å². The van der Waals surface area contributed by atoms with Crippen LogP contribution in [0.2, 0.25) is 0 Å². The number of hydrogen-bond acceptors (Lipinski definition) is 5. The number of nitrogens with one attached hydrogen (secondary N) is 2. The molecule has 1 aliphatic rings. The number of nitrogens with zero attached hydrogens (tertiary/aromatic N) is 3. The summed E-state index contributed by atoms with van der Waals surface area (Å²) in [5.41, 5.74) is 2.33. The molecule has 3 rings (SSSR count). The molecule has 166 valence electrons. The lowest BCUT2D eigenvalue weighted by Crippen LogP contribution is -2.48. The molecule has 0 radical (unpaired) electrons. The van der Waals surface area contributed by atoms with E-state index in [1.165, 1.54) is 13.2 Å². The zero-order valence-corrected chi connectivity index (χ0v) is 18.0. The topological polar surface area (TPSA) is 86.8 Å². The molecule has 1 fully saturated rings. The molecule has 0 spiro atoms. The maximum atomic E-state index is 14.3. The van der Waals surface area contributed by atoms with Crippen LogP contribution in [-0.4, -0.2) is 60.2 Å². The highest BCUT2D eigenvalue weighted by Gasteiger charge is 2.26. The van der Waals surface area contributed by atoms with Crippen LogP contribution in [0, 0.1) is 12.7 Å². The van der Waals surface area contributed by atoms with Crippen LogP contribution < -0.4 is 10.6 Å². The number of anilines is 2. The maximum Gasteiger partial charge on any atom is 0.409 e. The number of rotatable bonds is 5. The van der Waals surface area contributed by atoms with Gasteiger partial charge >= 0.3 is 12.1 Å². The molecule has 2 N–H and O–H groups in total. The Morgan fingerprint density at radius 2 is 2.10 bits per heavy atom. The number of carbonyl (C=O) groups is 2. The van der Waals surface area contributed by atoms with Crippen LogP contribution >= 0.6 is 0 Å². The number of hydrogen-bond donors (Lipinski definition) is 2. The Morgan fingerprint density at radius 3 is 2.81 bits per heavy atom. The molecular formula is C22H28FN5O3. The quantitative estimate of drug-likeness (QED) is 0.754. The van der Waals surface area contributed by atoms with E-state index in [4.69, 9.17) is 4.74 Å². The van der Waals surface area contributed by atoms with Gasteiger partial charge in [0.2, 0.25) is 0 Å². The van der Waals surface area contributed by atoms with Crippen LogP contribution in [0.3, 0.4) is 0 Å². The zero-order valence-electron chi connectivity index (χ0n) is 18.0. The van der Waals surface area contributed by atoms with Crippen molar-refractivity contribution in [1.82, 2.24) is 14.8 Å². The van der Waals surface area contributed by atoms with Crippen LogP contribution in [0.4, 0.5) is 25.4 Å². The molecule has 1 aromatic heterocycles. The summed E-state index contributed by atoms with van der Waals surface area (Å²) in [5, 5.41) is 5.20. The van der Waals surface area contributed by atoms with Gasteiger partial charge in [-0.3, -0.25) is 9.88 Å². The van der Waals surface area contributed by atoms with E-state index >= 15 is 0 Å². The van der Waals surface area contributed by atoms with E-state index in [0.717, 1.165) is 30.6 Å². The number of pyridine rings is 1. The van der Waals surface area contributed by atoms with Crippen LogP contribution in [-0.2, 0) is 11.3 Å². The van der Waals surface area contributed by atoms with Gasteiger partial charge in [0.1, 0.15) is 5.82 Å². The van der Waals surface area contributed by atoms with Gasteiger partial charge < -0.3 is 20.3 Å². The number of aromatic nitrogens is 1. The first-order valence-corrected chi connectivity index (χ1v) is 10.2. The fourth-order valence-electron chi connectivity index (χ4n) is 3.64. The molecule has 1 atom stereocenters. The Balaban J connectivity index is 1.61. The predicted octanol–water partition coefficient (Wildman–Crippen LogP) is 3.84. The Kier molecular flexibility index (Phi) is 7.41. The van der Waals surface area contributed by atoms with E-state index in [1.54, 1.807) is 42.4 Å². The summed E-state index contributed by atoms with van der Waals surface area (Å²) in [6.07, 6.45) is 3.05. The highest BCUT2D eigenvalue weighted by atomic mass is 19.1. The summed E-state index contributed by atoms with van der Waals surface area (Å²) < 4.78 is 19.1. The highest BCUT2D eigenvalue weighted by Crippen LogP contribution is 2.21. The molecule has 3 amide bonds. The van der Waals surface area contributed by atoms with Crippen LogP contribution in [0.15, 0.2) is 36.5 Å². The second-order valence-electron chi connectivity index (χ2n) is 7.69. The number of aryl methyl sites for hydroxylation is 1. The average Bonchev–Trinajstić information content (AvgIpc) is 2.76. The SMILES string of the molecule is COC(=O)N(C)[C@H]1CCCN(Cc2ccc(F)c(NC(=O)Nc3ccc(C)nc3)c2)C1. The van der Waals surface area contributed by atoms with Gasteiger partial charge in [0, 0.05) is 31.9 Å². The number of carbonyl (C=O) groups excluding carboxylic acids is 2. The molecule has 1 aromatic carbocycles. The lowest BCUT2D eigenvalue weighted by atomic mass is 10.0. The fourth-order valence-corrected chi connectivity index (χ4v) is 3.64. The van der Waals surface area contributed by atoms with Crippen LogP contribution in [0.1, 0.15) is 24.1 Å². The third-order valence-electron chi connectivity index (χ3n) is 5.35. The van der Waals surface area contributed by atoms with Gasteiger partial charge in [-0.25, -0.2) is 14.0 Å². The third-order valence-corrected chi connectivity index (χ3v) is 5.35. The molecule has 1 aliphatic heterocycles. The minimum Gasteiger partial charge on any atom is -0.453 e. The van der Waals surface area contributed by atoms with Gasteiger partial charge in [0.15, 0.2) is 0 Å². The number of likely N-dealkylation sites (tertiary alicyclic amines) is 1. The number of benzene rings is 1. The minimum absolute atomic E-state index is 0.0631. The average molecular weight is 429 g/mol. The number of halogens is 1. The molecule has 0 saturated carbocycles. The number of ether oxygens (including phenoxy) is 1. The first-order valence-electron chi connectivity index (χ1n) is 10.2. The minimum atomic E-state index is -0.542. The van der Waals surface area contributed by atoms with E-state index in [9.17, 15) is 14.0 Å². The van der Waals surface area contributed by atoms with Crippen molar-refractivity contribution >= 4 is 23.5 Å². The summed E-state index contributed by atoms with van der Waals surface area (Å²) in [6.45, 7) is 4.02. The standard InChI is InChI=1S/C22H28FN5O3/c1-15-6-8-17(12-24-15)25-21(29)26-20-11-16(7-9-19(20)23)13-28-10-4-5-18(14-28)27(2)22(30)31-3/h6-9,11-12,18H,4-5,10,13-14H2,1-3H3,(H2,25,26,29)/t18-/m0/s1. The monoisotopic (exact) mass is 429 g/mol. The zero-order chi connectivity index (χ0) is 22.4. The first-order chi connectivity index (χ1) is 14.9. The predicted molar refractivity (Wildman–Crippen MR) is 116 cm³/mol. The van der Waals surface area contributed by atoms with Crippen molar-refractivity contribution in [1.29, 1.82) is 0 Å². The molecule has 9 heteroatoms. The van der Waals surface area contributed by atoms with Gasteiger partial charge in [-0.15, -0.1) is 0 Å². The first kappa shape index (κ1) is 22.5. The number of urea groups is 1. The lowest BCUT2D eigenvalue weighted by Gasteiger charge is -2.37. The van der Waals surface area contributed by atoms with E-state index < -0.39 is 11.8 Å². The van der Waals surface area contributed by atoms with Crippen molar-refractivity contribution in [2.45, 2.75) is 32.4 Å². The van der Waals surface area contributed by atoms with E-state index in [1.807, 2.05) is 6.92 Å². The van der Waals surface area contributed by atoms with Crippen molar-refractivity contribution in [3.8, 4) is 0 Å².